The Balaban J connectivity index is 0.00000450. The van der Waals surface area contributed by atoms with Crippen LogP contribution in [0, 0.1) is 0 Å². The fourth-order valence-corrected chi connectivity index (χ4v) is 4.51. The largest absolute Gasteiger partial charge is 0.491 e. The van der Waals surface area contributed by atoms with Crippen LogP contribution in [0.1, 0.15) is 45.3 Å². The number of halogens is 1. The summed E-state index contributed by atoms with van der Waals surface area (Å²) in [5.74, 6) is 1.33. The Morgan fingerprint density at radius 1 is 1.30 bits per heavy atom. The van der Waals surface area contributed by atoms with Gasteiger partial charge in [-0.3, -0.25) is 4.99 Å². The number of ether oxygens (including phenoxy) is 1. The van der Waals surface area contributed by atoms with Crippen molar-refractivity contribution >= 4 is 40.0 Å². The highest BCUT2D eigenvalue weighted by Crippen LogP contribution is 2.20. The standard InChI is InChI=1S/C20H34N4O4S.HI/c1-5-21-20(22-13-17-7-6-12-24(17)29(4,26)27)23-14-19(25)16-8-10-18(11-9-16)28-15(2)3;/h8-11,15,17,19,25H,5-7,12-14H2,1-4H3,(H2,21,22,23);1H/t17-,19?;/m1./s1. The number of hydrogen-bond acceptors (Lipinski definition) is 5. The molecule has 1 aliphatic heterocycles. The van der Waals surface area contributed by atoms with Crippen LogP contribution in [0.4, 0.5) is 0 Å². The van der Waals surface area contributed by atoms with Crippen molar-refractivity contribution in [3.05, 3.63) is 29.8 Å². The number of aliphatic imine (C=N–C) groups is 1. The number of rotatable bonds is 9. The molecule has 1 aliphatic rings. The highest BCUT2D eigenvalue weighted by molar-refractivity contribution is 14.0. The lowest BCUT2D eigenvalue weighted by Crippen LogP contribution is -2.46. The Morgan fingerprint density at radius 2 is 1.97 bits per heavy atom. The fraction of sp³-hybridized carbons (Fsp3) is 0.650. The van der Waals surface area contributed by atoms with Gasteiger partial charge in [-0.05, 0) is 51.3 Å². The van der Waals surface area contributed by atoms with Crippen molar-refractivity contribution in [2.75, 3.05) is 32.4 Å². The van der Waals surface area contributed by atoms with Crippen LogP contribution >= 0.6 is 24.0 Å². The predicted molar refractivity (Wildman–Crippen MR) is 131 cm³/mol. The molecule has 0 amide bonds. The molecule has 2 rings (SSSR count). The van der Waals surface area contributed by atoms with Crippen molar-refractivity contribution in [2.24, 2.45) is 4.99 Å². The molecule has 2 atom stereocenters. The summed E-state index contributed by atoms with van der Waals surface area (Å²) in [4.78, 5) is 4.45. The molecule has 10 heteroatoms. The number of aliphatic hydroxyl groups excluding tert-OH is 1. The molecule has 1 aromatic rings. The first-order valence-electron chi connectivity index (χ1n) is 10.1. The van der Waals surface area contributed by atoms with Crippen LogP contribution in [0.15, 0.2) is 29.3 Å². The van der Waals surface area contributed by atoms with Gasteiger partial charge in [0.2, 0.25) is 10.0 Å². The maximum absolute atomic E-state index is 11.9. The zero-order valence-electron chi connectivity index (χ0n) is 18.2. The summed E-state index contributed by atoms with van der Waals surface area (Å²) in [7, 11) is -3.20. The highest BCUT2D eigenvalue weighted by Gasteiger charge is 2.31. The molecule has 0 spiro atoms. The summed E-state index contributed by atoms with van der Waals surface area (Å²) in [6, 6.07) is 7.27. The maximum Gasteiger partial charge on any atom is 0.211 e. The third-order valence-corrected chi connectivity index (χ3v) is 5.99. The lowest BCUT2D eigenvalue weighted by Gasteiger charge is -2.23. The number of aliphatic hydroxyl groups is 1. The summed E-state index contributed by atoms with van der Waals surface area (Å²) < 4.78 is 30.9. The van der Waals surface area contributed by atoms with Gasteiger partial charge < -0.3 is 20.5 Å². The van der Waals surface area contributed by atoms with Crippen molar-refractivity contribution in [1.82, 2.24) is 14.9 Å². The van der Waals surface area contributed by atoms with Crippen molar-refractivity contribution in [2.45, 2.75) is 51.9 Å². The van der Waals surface area contributed by atoms with E-state index in [1.165, 1.54) is 6.26 Å². The zero-order valence-corrected chi connectivity index (χ0v) is 21.3. The smallest absolute Gasteiger partial charge is 0.211 e. The van der Waals surface area contributed by atoms with Crippen LogP contribution in [0.25, 0.3) is 0 Å². The Hall–Kier alpha value is -1.11. The molecule has 0 bridgehead atoms. The van der Waals surface area contributed by atoms with Gasteiger partial charge in [0.15, 0.2) is 5.96 Å². The number of benzene rings is 1. The summed E-state index contributed by atoms with van der Waals surface area (Å²) in [5.41, 5.74) is 0.764. The Bertz CT molecular complexity index is 772. The van der Waals surface area contributed by atoms with Gasteiger partial charge in [-0.2, -0.15) is 4.31 Å². The van der Waals surface area contributed by atoms with Crippen LogP contribution in [0.5, 0.6) is 5.75 Å². The van der Waals surface area contributed by atoms with Crippen LogP contribution in [0.3, 0.4) is 0 Å². The molecule has 1 unspecified atom stereocenters. The molecule has 172 valence electrons. The quantitative estimate of drug-likeness (QED) is 0.246. The molecule has 0 aliphatic carbocycles. The molecule has 30 heavy (non-hydrogen) atoms. The Kier molecular flexibility index (Phi) is 11.4. The third kappa shape index (κ3) is 8.56. The second-order valence-electron chi connectivity index (χ2n) is 7.52. The van der Waals surface area contributed by atoms with E-state index in [1.54, 1.807) is 4.31 Å². The van der Waals surface area contributed by atoms with E-state index >= 15 is 0 Å². The minimum absolute atomic E-state index is 0. The average Bonchev–Trinajstić information content (AvgIpc) is 3.13. The lowest BCUT2D eigenvalue weighted by molar-refractivity contribution is 0.186. The average molecular weight is 554 g/mol. The van der Waals surface area contributed by atoms with Crippen LogP contribution < -0.4 is 15.4 Å². The van der Waals surface area contributed by atoms with Gasteiger partial charge >= 0.3 is 0 Å². The molecule has 0 radical (unpaired) electrons. The molecular weight excluding hydrogens is 519 g/mol. The van der Waals surface area contributed by atoms with Gasteiger partial charge in [0.1, 0.15) is 5.75 Å². The van der Waals surface area contributed by atoms with Crippen molar-refractivity contribution in [3.63, 3.8) is 0 Å². The van der Waals surface area contributed by atoms with Gasteiger partial charge in [0.05, 0.1) is 25.0 Å². The zero-order chi connectivity index (χ0) is 21.4. The van der Waals surface area contributed by atoms with Crippen LogP contribution in [-0.4, -0.2) is 68.4 Å². The van der Waals surface area contributed by atoms with Crippen LogP contribution in [-0.2, 0) is 10.0 Å². The van der Waals surface area contributed by atoms with Crippen molar-refractivity contribution in [3.8, 4) is 5.75 Å². The molecule has 1 fully saturated rings. The molecule has 8 nitrogen and oxygen atoms in total. The second-order valence-corrected chi connectivity index (χ2v) is 9.46. The SMILES string of the molecule is CCNC(=NCC(O)c1ccc(OC(C)C)cc1)NC[C@H]1CCCN1S(C)(=O)=O.I. The normalized spacial score (nSPS) is 18.7. The van der Waals surface area contributed by atoms with Crippen molar-refractivity contribution < 1.29 is 18.3 Å². The molecular formula is C20H35IN4O4S. The number of hydrogen-bond donors (Lipinski definition) is 3. The van der Waals surface area contributed by atoms with Gasteiger partial charge in [-0.15, -0.1) is 24.0 Å². The molecule has 1 heterocycles. The minimum atomic E-state index is -3.20. The molecule has 0 saturated carbocycles. The highest BCUT2D eigenvalue weighted by atomic mass is 127. The van der Waals surface area contributed by atoms with Gasteiger partial charge in [0, 0.05) is 25.7 Å². The van der Waals surface area contributed by atoms with E-state index < -0.39 is 16.1 Å². The van der Waals surface area contributed by atoms with E-state index in [-0.39, 0.29) is 42.7 Å². The van der Waals surface area contributed by atoms with E-state index in [9.17, 15) is 13.5 Å². The summed E-state index contributed by atoms with van der Waals surface area (Å²) in [5, 5.41) is 16.8. The van der Waals surface area contributed by atoms with E-state index in [0.29, 0.717) is 25.6 Å². The first-order chi connectivity index (χ1) is 13.7. The molecule has 0 aromatic heterocycles. The second kappa shape index (κ2) is 12.7. The number of nitrogens with one attached hydrogen (secondary N) is 2. The maximum atomic E-state index is 11.9. The Labute approximate surface area is 197 Å². The molecule has 1 saturated heterocycles. The fourth-order valence-electron chi connectivity index (χ4n) is 3.33. The van der Waals surface area contributed by atoms with Crippen molar-refractivity contribution in [1.29, 1.82) is 0 Å². The third-order valence-electron chi connectivity index (χ3n) is 4.66. The van der Waals surface area contributed by atoms with Gasteiger partial charge in [0.25, 0.3) is 0 Å². The van der Waals surface area contributed by atoms with Gasteiger partial charge in [-0.25, -0.2) is 8.42 Å². The summed E-state index contributed by atoms with van der Waals surface area (Å²) in [6.45, 7) is 7.80. The van der Waals surface area contributed by atoms with E-state index in [1.807, 2.05) is 45.0 Å². The Morgan fingerprint density at radius 3 is 2.53 bits per heavy atom. The van der Waals surface area contributed by atoms with E-state index in [2.05, 4.69) is 15.6 Å². The number of sulfonamides is 1. The predicted octanol–water partition coefficient (Wildman–Crippen LogP) is 2.10. The number of nitrogens with zero attached hydrogens (tertiary/aromatic N) is 2. The lowest BCUT2D eigenvalue weighted by atomic mass is 10.1. The summed E-state index contributed by atoms with van der Waals surface area (Å²) in [6.07, 6.45) is 2.30. The molecule has 3 N–H and O–H groups in total. The first kappa shape index (κ1) is 26.9. The first-order valence-corrected chi connectivity index (χ1v) is 12.0. The van der Waals surface area contributed by atoms with Gasteiger partial charge in [-0.1, -0.05) is 12.1 Å². The topological polar surface area (TPSA) is 103 Å². The van der Waals surface area contributed by atoms with Crippen LogP contribution in [0.2, 0.25) is 0 Å². The number of guanidine groups is 1. The summed E-state index contributed by atoms with van der Waals surface area (Å²) >= 11 is 0. The monoisotopic (exact) mass is 554 g/mol. The minimum Gasteiger partial charge on any atom is -0.491 e. The van der Waals surface area contributed by atoms with E-state index in [0.717, 1.165) is 24.2 Å². The van der Waals surface area contributed by atoms with E-state index in [4.69, 9.17) is 4.74 Å². The molecule has 1 aromatic carbocycles.